The number of nitrogens with one attached hydrogen (secondary N) is 3. The monoisotopic (exact) mass is 312 g/mol. The number of aromatic amines is 1. The van der Waals surface area contributed by atoms with Crippen LogP contribution in [0.25, 0.3) is 0 Å². The number of alkyl halides is 1. The molecule has 0 unspecified atom stereocenters. The van der Waals surface area contributed by atoms with Crippen molar-refractivity contribution in [3.05, 3.63) is 11.4 Å². The van der Waals surface area contributed by atoms with Gasteiger partial charge in [0.1, 0.15) is 5.69 Å². The Morgan fingerprint density at radius 2 is 2.24 bits per heavy atom. The number of piperidine rings is 1. The SMILES string of the molecule is O=C(NCC1(CCl)CCNCC1)N1CCc2[nH]nnc2C1. The van der Waals surface area contributed by atoms with Gasteiger partial charge in [0.05, 0.1) is 12.2 Å². The topological polar surface area (TPSA) is 85.9 Å². The smallest absolute Gasteiger partial charge is 0.317 e. The van der Waals surface area contributed by atoms with Crippen molar-refractivity contribution in [3.63, 3.8) is 0 Å². The van der Waals surface area contributed by atoms with E-state index in [1.54, 1.807) is 4.90 Å². The predicted molar refractivity (Wildman–Crippen MR) is 79.2 cm³/mol. The van der Waals surface area contributed by atoms with Gasteiger partial charge in [0.25, 0.3) is 0 Å². The minimum Gasteiger partial charge on any atom is -0.337 e. The van der Waals surface area contributed by atoms with Crippen molar-refractivity contribution in [2.75, 3.05) is 32.1 Å². The highest BCUT2D eigenvalue weighted by atomic mass is 35.5. The van der Waals surface area contributed by atoms with Gasteiger partial charge in [-0.25, -0.2) is 4.79 Å². The summed E-state index contributed by atoms with van der Waals surface area (Å²) in [4.78, 5) is 14.1. The molecule has 7 nitrogen and oxygen atoms in total. The van der Waals surface area contributed by atoms with E-state index in [-0.39, 0.29) is 11.4 Å². The summed E-state index contributed by atoms with van der Waals surface area (Å²) in [5, 5.41) is 17.1. The number of amides is 2. The quantitative estimate of drug-likeness (QED) is 0.709. The maximum atomic E-state index is 12.3. The molecule has 2 amide bonds. The van der Waals surface area contributed by atoms with Gasteiger partial charge in [0, 0.05) is 30.8 Å². The number of aromatic nitrogens is 3. The van der Waals surface area contributed by atoms with E-state index in [1.165, 1.54) is 0 Å². The van der Waals surface area contributed by atoms with E-state index in [9.17, 15) is 4.79 Å². The highest BCUT2D eigenvalue weighted by molar-refractivity contribution is 6.18. The van der Waals surface area contributed by atoms with Crippen LogP contribution < -0.4 is 10.6 Å². The first kappa shape index (κ1) is 14.6. The third kappa shape index (κ3) is 3.13. The lowest BCUT2D eigenvalue weighted by molar-refractivity contribution is 0.175. The summed E-state index contributed by atoms with van der Waals surface area (Å²) in [6, 6.07) is -0.0355. The first-order valence-electron chi connectivity index (χ1n) is 7.41. The molecule has 0 saturated carbocycles. The Kier molecular flexibility index (Phi) is 4.30. The number of urea groups is 1. The predicted octanol–water partition coefficient (Wildman–Crippen LogP) is 0.481. The van der Waals surface area contributed by atoms with Crippen molar-refractivity contribution < 1.29 is 4.79 Å². The number of nitrogens with zero attached hydrogens (tertiary/aromatic N) is 3. The number of fused-ring (bicyclic) bond motifs is 1. The second-order valence-electron chi connectivity index (χ2n) is 5.95. The van der Waals surface area contributed by atoms with Crippen LogP contribution in [0.5, 0.6) is 0 Å². The number of hydrogen-bond donors (Lipinski definition) is 3. The molecule has 21 heavy (non-hydrogen) atoms. The van der Waals surface area contributed by atoms with Crippen LogP contribution in [0.2, 0.25) is 0 Å². The third-order valence-corrected chi connectivity index (χ3v) is 5.09. The average Bonchev–Trinajstić information content (AvgIpc) is 3.01. The fraction of sp³-hybridized carbons (Fsp3) is 0.769. The summed E-state index contributed by atoms with van der Waals surface area (Å²) in [5.41, 5.74) is 1.93. The van der Waals surface area contributed by atoms with Gasteiger partial charge in [0.15, 0.2) is 0 Å². The van der Waals surface area contributed by atoms with E-state index in [1.807, 2.05) is 0 Å². The van der Waals surface area contributed by atoms with Gasteiger partial charge in [-0.1, -0.05) is 5.21 Å². The van der Waals surface area contributed by atoms with Crippen LogP contribution in [0.3, 0.4) is 0 Å². The number of hydrogen-bond acceptors (Lipinski definition) is 4. The maximum absolute atomic E-state index is 12.3. The molecule has 1 aromatic heterocycles. The van der Waals surface area contributed by atoms with Crippen molar-refractivity contribution in [1.29, 1.82) is 0 Å². The van der Waals surface area contributed by atoms with Gasteiger partial charge < -0.3 is 15.5 Å². The van der Waals surface area contributed by atoms with E-state index in [0.717, 1.165) is 43.7 Å². The molecule has 1 saturated heterocycles. The molecule has 0 aromatic carbocycles. The normalized spacial score (nSPS) is 20.9. The number of halogens is 1. The average molecular weight is 313 g/mol. The lowest BCUT2D eigenvalue weighted by Gasteiger charge is -2.37. The molecule has 0 spiro atoms. The lowest BCUT2D eigenvalue weighted by Crippen LogP contribution is -2.49. The molecule has 1 fully saturated rings. The highest BCUT2D eigenvalue weighted by Gasteiger charge is 2.32. The minimum absolute atomic E-state index is 0.0251. The molecule has 8 heteroatoms. The fourth-order valence-corrected chi connectivity index (χ4v) is 3.33. The minimum atomic E-state index is -0.0355. The molecular formula is C13H21ClN6O. The Bertz CT molecular complexity index is 499. The zero-order valence-electron chi connectivity index (χ0n) is 12.0. The van der Waals surface area contributed by atoms with Gasteiger partial charge in [-0.3, -0.25) is 5.10 Å². The van der Waals surface area contributed by atoms with Crippen LogP contribution in [-0.4, -0.2) is 58.4 Å². The highest BCUT2D eigenvalue weighted by Crippen LogP contribution is 2.29. The molecule has 0 atom stereocenters. The van der Waals surface area contributed by atoms with E-state index >= 15 is 0 Å². The van der Waals surface area contributed by atoms with E-state index in [4.69, 9.17) is 11.6 Å². The Labute approximate surface area is 128 Å². The summed E-state index contributed by atoms with van der Waals surface area (Å²) >= 11 is 6.14. The molecule has 2 aliphatic rings. The zero-order valence-corrected chi connectivity index (χ0v) is 12.7. The summed E-state index contributed by atoms with van der Waals surface area (Å²) < 4.78 is 0. The molecule has 116 valence electrons. The third-order valence-electron chi connectivity index (χ3n) is 4.53. The molecule has 0 radical (unpaired) electrons. The molecule has 3 N–H and O–H groups in total. The standard InChI is InChI=1S/C13H21ClN6O/c14-8-13(2-4-15-5-3-13)9-16-12(21)20-6-1-10-11(7-20)18-19-17-10/h15H,1-9H2,(H,16,21)(H,17,18,19). The van der Waals surface area contributed by atoms with Gasteiger partial charge in [-0.15, -0.1) is 16.7 Å². The Morgan fingerprint density at radius 3 is 3.00 bits per heavy atom. The number of rotatable bonds is 3. The van der Waals surface area contributed by atoms with Crippen LogP contribution >= 0.6 is 11.6 Å². The second-order valence-corrected chi connectivity index (χ2v) is 6.22. The number of carbonyl (C=O) groups excluding carboxylic acids is 1. The fourth-order valence-electron chi connectivity index (χ4n) is 2.97. The Balaban J connectivity index is 1.54. The lowest BCUT2D eigenvalue weighted by atomic mass is 9.81. The van der Waals surface area contributed by atoms with Crippen LogP contribution in [-0.2, 0) is 13.0 Å². The van der Waals surface area contributed by atoms with Gasteiger partial charge in [-0.2, -0.15) is 0 Å². The van der Waals surface area contributed by atoms with Crippen molar-refractivity contribution >= 4 is 17.6 Å². The van der Waals surface area contributed by atoms with Gasteiger partial charge in [-0.05, 0) is 25.9 Å². The molecule has 0 bridgehead atoms. The molecular weight excluding hydrogens is 292 g/mol. The molecule has 3 heterocycles. The number of H-pyrrole nitrogens is 1. The summed E-state index contributed by atoms with van der Waals surface area (Å²) in [6.45, 7) is 3.79. The van der Waals surface area contributed by atoms with Crippen molar-refractivity contribution in [2.24, 2.45) is 5.41 Å². The second kappa shape index (κ2) is 6.19. The maximum Gasteiger partial charge on any atom is 0.317 e. The summed E-state index contributed by atoms with van der Waals surface area (Å²) in [7, 11) is 0. The molecule has 0 aliphatic carbocycles. The van der Waals surface area contributed by atoms with Crippen LogP contribution in [0, 0.1) is 5.41 Å². The molecule has 1 aromatic rings. The van der Waals surface area contributed by atoms with Gasteiger partial charge >= 0.3 is 6.03 Å². The number of carbonyl (C=O) groups is 1. The van der Waals surface area contributed by atoms with Crippen LogP contribution in [0.15, 0.2) is 0 Å². The summed E-state index contributed by atoms with van der Waals surface area (Å²) in [6.07, 6.45) is 2.79. The molecule has 3 rings (SSSR count). The van der Waals surface area contributed by atoms with E-state index in [2.05, 4.69) is 26.0 Å². The van der Waals surface area contributed by atoms with Gasteiger partial charge in [0.2, 0.25) is 0 Å². The molecule has 2 aliphatic heterocycles. The van der Waals surface area contributed by atoms with Crippen molar-refractivity contribution in [3.8, 4) is 0 Å². The van der Waals surface area contributed by atoms with Crippen molar-refractivity contribution in [2.45, 2.75) is 25.8 Å². The largest absolute Gasteiger partial charge is 0.337 e. The van der Waals surface area contributed by atoms with Crippen LogP contribution in [0.4, 0.5) is 4.79 Å². The van der Waals surface area contributed by atoms with Crippen molar-refractivity contribution in [1.82, 2.24) is 30.9 Å². The first-order valence-corrected chi connectivity index (χ1v) is 7.94. The van der Waals surface area contributed by atoms with Crippen LogP contribution in [0.1, 0.15) is 24.2 Å². The first-order chi connectivity index (χ1) is 10.2. The summed E-state index contributed by atoms with van der Waals surface area (Å²) in [5.74, 6) is 0.586. The van der Waals surface area contributed by atoms with E-state index < -0.39 is 0 Å². The Morgan fingerprint density at radius 1 is 1.43 bits per heavy atom. The zero-order chi connectivity index (χ0) is 14.7. The van der Waals surface area contributed by atoms with E-state index in [0.29, 0.717) is 25.5 Å². The Hall–Kier alpha value is -1.34.